The summed E-state index contributed by atoms with van der Waals surface area (Å²) >= 11 is 0. The predicted octanol–water partition coefficient (Wildman–Crippen LogP) is 1.08. The first-order valence-corrected chi connectivity index (χ1v) is 9.65. The maximum absolute atomic E-state index is 12.6. The number of amides is 1. The van der Waals surface area contributed by atoms with Crippen LogP contribution in [0.5, 0.6) is 0 Å². The van der Waals surface area contributed by atoms with E-state index < -0.39 is 9.84 Å². The zero-order valence-electron chi connectivity index (χ0n) is 12.9. The highest BCUT2D eigenvalue weighted by molar-refractivity contribution is 7.91. The number of hydrogen-bond donors (Lipinski definition) is 0. The molecule has 5 nitrogen and oxygen atoms in total. The molecule has 1 unspecified atom stereocenters. The minimum absolute atomic E-state index is 0.0290. The Morgan fingerprint density at radius 3 is 2.82 bits per heavy atom. The molecule has 0 aliphatic carbocycles. The molecule has 2 aliphatic heterocycles. The van der Waals surface area contributed by atoms with Gasteiger partial charge in [-0.05, 0) is 31.4 Å². The summed E-state index contributed by atoms with van der Waals surface area (Å²) in [5, 5.41) is 0. The molecule has 0 aromatic heterocycles. The van der Waals surface area contributed by atoms with E-state index in [1.165, 1.54) is 5.56 Å². The van der Waals surface area contributed by atoms with Gasteiger partial charge in [0, 0.05) is 24.8 Å². The molecule has 1 fully saturated rings. The molecule has 1 aromatic rings. The normalized spacial score (nSPS) is 22.6. The highest BCUT2D eigenvalue weighted by atomic mass is 32.2. The molecule has 2 heterocycles. The lowest BCUT2D eigenvalue weighted by Gasteiger charge is -2.29. The minimum Gasteiger partial charge on any atom is -0.362 e. The largest absolute Gasteiger partial charge is 0.362 e. The predicted molar refractivity (Wildman–Crippen MR) is 86.8 cm³/mol. The molecule has 0 spiro atoms. The van der Waals surface area contributed by atoms with E-state index in [1.807, 2.05) is 25.1 Å². The van der Waals surface area contributed by atoms with Gasteiger partial charge in [0.15, 0.2) is 9.84 Å². The SMILES string of the molecule is CCN(C(=O)CN1CCc2ccccc21)C1CCS(=O)(=O)C1. The second-order valence-electron chi connectivity index (χ2n) is 6.04. The molecule has 1 atom stereocenters. The molecule has 6 heteroatoms. The number of anilines is 1. The quantitative estimate of drug-likeness (QED) is 0.832. The van der Waals surface area contributed by atoms with E-state index in [0.717, 1.165) is 18.7 Å². The van der Waals surface area contributed by atoms with Crippen molar-refractivity contribution >= 4 is 21.4 Å². The Labute approximate surface area is 131 Å². The van der Waals surface area contributed by atoms with E-state index in [9.17, 15) is 13.2 Å². The average molecular weight is 322 g/mol. The standard InChI is InChI=1S/C16H22N2O3S/c1-2-18(14-8-10-22(20,21)12-14)16(19)11-17-9-7-13-5-3-4-6-15(13)17/h3-6,14H,2,7-12H2,1H3. The zero-order chi connectivity index (χ0) is 15.7. The summed E-state index contributed by atoms with van der Waals surface area (Å²) < 4.78 is 23.3. The molecule has 1 aromatic carbocycles. The van der Waals surface area contributed by atoms with Crippen LogP contribution in [0.15, 0.2) is 24.3 Å². The summed E-state index contributed by atoms with van der Waals surface area (Å²) in [4.78, 5) is 16.5. The molecule has 1 amide bonds. The molecule has 0 bridgehead atoms. The first-order chi connectivity index (χ1) is 10.5. The van der Waals surface area contributed by atoms with Crippen molar-refractivity contribution in [3.63, 3.8) is 0 Å². The summed E-state index contributed by atoms with van der Waals surface area (Å²) in [5.74, 6) is 0.346. The van der Waals surface area contributed by atoms with Crippen molar-refractivity contribution in [3.8, 4) is 0 Å². The first-order valence-electron chi connectivity index (χ1n) is 7.83. The van der Waals surface area contributed by atoms with Gasteiger partial charge in [-0.1, -0.05) is 18.2 Å². The molecule has 0 saturated carbocycles. The van der Waals surface area contributed by atoms with Crippen molar-refractivity contribution in [3.05, 3.63) is 29.8 Å². The monoisotopic (exact) mass is 322 g/mol. The van der Waals surface area contributed by atoms with Crippen molar-refractivity contribution in [1.82, 2.24) is 4.90 Å². The van der Waals surface area contributed by atoms with Crippen LogP contribution >= 0.6 is 0 Å². The fourth-order valence-corrected chi connectivity index (χ4v) is 5.22. The third-order valence-electron chi connectivity index (χ3n) is 4.62. The Hall–Kier alpha value is -1.56. The van der Waals surface area contributed by atoms with Gasteiger partial charge in [0.25, 0.3) is 0 Å². The lowest BCUT2D eigenvalue weighted by molar-refractivity contribution is -0.131. The lowest BCUT2D eigenvalue weighted by Crippen LogP contribution is -2.46. The number of benzene rings is 1. The van der Waals surface area contributed by atoms with Crippen LogP contribution in [0.3, 0.4) is 0 Å². The summed E-state index contributed by atoms with van der Waals surface area (Å²) in [6.07, 6.45) is 1.53. The molecule has 0 radical (unpaired) electrons. The Kier molecular flexibility index (Phi) is 4.12. The van der Waals surface area contributed by atoms with Gasteiger partial charge in [0.2, 0.25) is 5.91 Å². The van der Waals surface area contributed by atoms with Crippen LogP contribution in [0, 0.1) is 0 Å². The molecule has 0 N–H and O–H groups in total. The van der Waals surface area contributed by atoms with Crippen LogP contribution in [0.25, 0.3) is 0 Å². The van der Waals surface area contributed by atoms with Crippen LogP contribution in [-0.2, 0) is 21.1 Å². The van der Waals surface area contributed by atoms with Crippen molar-refractivity contribution in [1.29, 1.82) is 0 Å². The van der Waals surface area contributed by atoms with E-state index in [1.54, 1.807) is 4.90 Å². The van der Waals surface area contributed by atoms with Gasteiger partial charge in [-0.25, -0.2) is 8.42 Å². The number of carbonyl (C=O) groups is 1. The highest BCUT2D eigenvalue weighted by Crippen LogP contribution is 2.27. The molecule has 22 heavy (non-hydrogen) atoms. The highest BCUT2D eigenvalue weighted by Gasteiger charge is 2.34. The van der Waals surface area contributed by atoms with Crippen molar-refractivity contribution in [2.45, 2.75) is 25.8 Å². The fourth-order valence-electron chi connectivity index (χ4n) is 3.48. The Morgan fingerprint density at radius 2 is 2.14 bits per heavy atom. The van der Waals surface area contributed by atoms with E-state index in [0.29, 0.717) is 19.5 Å². The molecule has 3 rings (SSSR count). The number of para-hydroxylation sites is 1. The van der Waals surface area contributed by atoms with Crippen molar-refractivity contribution in [2.75, 3.05) is 36.0 Å². The minimum atomic E-state index is -2.97. The topological polar surface area (TPSA) is 57.7 Å². The first kappa shape index (κ1) is 15.3. The van der Waals surface area contributed by atoms with Gasteiger partial charge in [0.1, 0.15) is 0 Å². The van der Waals surface area contributed by atoms with E-state index in [2.05, 4.69) is 11.0 Å². The van der Waals surface area contributed by atoms with Gasteiger partial charge in [-0.3, -0.25) is 4.79 Å². The molecule has 120 valence electrons. The summed E-state index contributed by atoms with van der Waals surface area (Å²) in [6, 6.07) is 8.00. The summed E-state index contributed by atoms with van der Waals surface area (Å²) in [5.41, 5.74) is 2.41. The third kappa shape index (κ3) is 2.97. The van der Waals surface area contributed by atoms with Gasteiger partial charge in [-0.2, -0.15) is 0 Å². The number of fused-ring (bicyclic) bond motifs is 1. The second kappa shape index (κ2) is 5.91. The Balaban J connectivity index is 1.69. The molecule has 2 aliphatic rings. The summed E-state index contributed by atoms with van der Waals surface area (Å²) in [7, 11) is -2.97. The van der Waals surface area contributed by atoms with E-state index in [4.69, 9.17) is 0 Å². The van der Waals surface area contributed by atoms with Gasteiger partial charge in [-0.15, -0.1) is 0 Å². The molecular formula is C16H22N2O3S. The third-order valence-corrected chi connectivity index (χ3v) is 6.37. The summed E-state index contributed by atoms with van der Waals surface area (Å²) in [6.45, 7) is 3.67. The van der Waals surface area contributed by atoms with Crippen LogP contribution in [0.2, 0.25) is 0 Å². The maximum Gasteiger partial charge on any atom is 0.242 e. The number of rotatable bonds is 4. The second-order valence-corrected chi connectivity index (χ2v) is 8.27. The number of likely N-dealkylation sites (N-methyl/N-ethyl adjacent to an activating group) is 1. The smallest absolute Gasteiger partial charge is 0.242 e. The van der Waals surface area contributed by atoms with E-state index in [-0.39, 0.29) is 23.5 Å². The van der Waals surface area contributed by atoms with E-state index >= 15 is 0 Å². The molecule has 1 saturated heterocycles. The fraction of sp³-hybridized carbons (Fsp3) is 0.562. The van der Waals surface area contributed by atoms with Gasteiger partial charge in [0.05, 0.1) is 18.1 Å². The van der Waals surface area contributed by atoms with Gasteiger partial charge < -0.3 is 9.80 Å². The average Bonchev–Trinajstić information content (AvgIpc) is 3.04. The number of nitrogens with zero attached hydrogens (tertiary/aromatic N) is 2. The van der Waals surface area contributed by atoms with Crippen LogP contribution in [-0.4, -0.2) is 56.4 Å². The van der Waals surface area contributed by atoms with Crippen LogP contribution in [0.1, 0.15) is 18.9 Å². The number of sulfone groups is 1. The van der Waals surface area contributed by atoms with Crippen molar-refractivity contribution in [2.24, 2.45) is 0 Å². The van der Waals surface area contributed by atoms with Crippen LogP contribution < -0.4 is 4.90 Å². The number of hydrogen-bond acceptors (Lipinski definition) is 4. The van der Waals surface area contributed by atoms with Crippen LogP contribution in [0.4, 0.5) is 5.69 Å². The maximum atomic E-state index is 12.6. The zero-order valence-corrected chi connectivity index (χ0v) is 13.7. The molecular weight excluding hydrogens is 300 g/mol. The Bertz CT molecular complexity index is 672. The lowest BCUT2D eigenvalue weighted by atomic mass is 10.2. The Morgan fingerprint density at radius 1 is 1.36 bits per heavy atom. The number of carbonyl (C=O) groups excluding carboxylic acids is 1. The van der Waals surface area contributed by atoms with Gasteiger partial charge >= 0.3 is 0 Å². The van der Waals surface area contributed by atoms with Crippen molar-refractivity contribution < 1.29 is 13.2 Å².